The summed E-state index contributed by atoms with van der Waals surface area (Å²) < 4.78 is 6.09. The average molecular weight is 310 g/mol. The van der Waals surface area contributed by atoms with Gasteiger partial charge in [-0.15, -0.1) is 12.4 Å². The molecule has 106 valence electrons. The molecule has 3 rings (SSSR count). The van der Waals surface area contributed by atoms with Gasteiger partial charge in [0.1, 0.15) is 11.5 Å². The van der Waals surface area contributed by atoms with Gasteiger partial charge in [0.25, 0.3) is 0 Å². The van der Waals surface area contributed by atoms with Crippen LogP contribution in [0.15, 0.2) is 42.5 Å². The zero-order valence-corrected chi connectivity index (χ0v) is 12.6. The van der Waals surface area contributed by atoms with Gasteiger partial charge < -0.3 is 10.1 Å². The van der Waals surface area contributed by atoms with Crippen LogP contribution in [-0.4, -0.2) is 13.1 Å². The van der Waals surface area contributed by atoms with Crippen molar-refractivity contribution in [2.24, 2.45) is 0 Å². The van der Waals surface area contributed by atoms with Crippen LogP contribution < -0.4 is 10.1 Å². The van der Waals surface area contributed by atoms with Crippen LogP contribution >= 0.6 is 24.0 Å². The molecule has 0 amide bonds. The first kappa shape index (κ1) is 15.2. The van der Waals surface area contributed by atoms with E-state index in [4.69, 9.17) is 16.3 Å². The molecule has 2 nitrogen and oxygen atoms in total. The number of hydrogen-bond acceptors (Lipinski definition) is 2. The fourth-order valence-electron chi connectivity index (χ4n) is 2.34. The van der Waals surface area contributed by atoms with Crippen LogP contribution in [0.4, 0.5) is 0 Å². The van der Waals surface area contributed by atoms with Gasteiger partial charge in [-0.1, -0.05) is 29.8 Å². The molecule has 1 N–H and O–H groups in total. The number of para-hydroxylation sites is 1. The monoisotopic (exact) mass is 309 g/mol. The summed E-state index contributed by atoms with van der Waals surface area (Å²) >= 11 is 6.07. The molecule has 0 bridgehead atoms. The molecule has 2 aromatic carbocycles. The molecule has 0 atom stereocenters. The Kier molecular flexibility index (Phi) is 5.30. The largest absolute Gasteiger partial charge is 0.457 e. The third-order valence-electron chi connectivity index (χ3n) is 3.36. The van der Waals surface area contributed by atoms with Crippen molar-refractivity contribution >= 4 is 24.0 Å². The highest BCUT2D eigenvalue weighted by molar-refractivity contribution is 6.30. The minimum Gasteiger partial charge on any atom is -0.457 e. The Morgan fingerprint density at radius 3 is 2.45 bits per heavy atom. The van der Waals surface area contributed by atoms with E-state index >= 15 is 0 Å². The molecule has 1 aliphatic rings. The van der Waals surface area contributed by atoms with Gasteiger partial charge in [0.2, 0.25) is 0 Å². The van der Waals surface area contributed by atoms with Crippen LogP contribution in [0.25, 0.3) is 0 Å². The second-order valence-electron chi connectivity index (χ2n) is 4.71. The van der Waals surface area contributed by atoms with E-state index in [1.165, 1.54) is 5.56 Å². The van der Waals surface area contributed by atoms with Crippen molar-refractivity contribution in [2.75, 3.05) is 13.1 Å². The lowest BCUT2D eigenvalue weighted by molar-refractivity contribution is 0.464. The number of rotatable bonds is 0. The van der Waals surface area contributed by atoms with Crippen molar-refractivity contribution in [3.63, 3.8) is 0 Å². The van der Waals surface area contributed by atoms with E-state index in [-0.39, 0.29) is 12.4 Å². The highest BCUT2D eigenvalue weighted by Gasteiger charge is 2.10. The summed E-state index contributed by atoms with van der Waals surface area (Å²) in [7, 11) is 0. The van der Waals surface area contributed by atoms with Crippen molar-refractivity contribution in [1.29, 1.82) is 0 Å². The van der Waals surface area contributed by atoms with Crippen molar-refractivity contribution in [2.45, 2.75) is 12.8 Å². The summed E-state index contributed by atoms with van der Waals surface area (Å²) in [5.74, 6) is 1.84. The van der Waals surface area contributed by atoms with E-state index < -0.39 is 0 Å². The lowest BCUT2D eigenvalue weighted by atomic mass is 10.1. The van der Waals surface area contributed by atoms with E-state index in [2.05, 4.69) is 17.4 Å². The van der Waals surface area contributed by atoms with Crippen molar-refractivity contribution in [1.82, 2.24) is 5.32 Å². The van der Waals surface area contributed by atoms with E-state index in [0.29, 0.717) is 0 Å². The smallest absolute Gasteiger partial charge is 0.130 e. The van der Waals surface area contributed by atoms with Crippen LogP contribution in [0, 0.1) is 0 Å². The maximum atomic E-state index is 6.09. The molecule has 0 saturated heterocycles. The van der Waals surface area contributed by atoms with E-state index in [9.17, 15) is 0 Å². The van der Waals surface area contributed by atoms with Crippen molar-refractivity contribution in [3.8, 4) is 11.5 Å². The number of halogens is 2. The first-order valence-electron chi connectivity index (χ1n) is 6.58. The predicted octanol–water partition coefficient (Wildman–Crippen LogP) is 4.24. The van der Waals surface area contributed by atoms with Crippen LogP contribution in [0.2, 0.25) is 5.02 Å². The van der Waals surface area contributed by atoms with Crippen LogP contribution in [0.5, 0.6) is 11.5 Å². The minimum absolute atomic E-state index is 0. The molecule has 0 aromatic heterocycles. The number of hydrogen-bond donors (Lipinski definition) is 1. The molecule has 1 heterocycles. The van der Waals surface area contributed by atoms with Crippen LogP contribution in [0.1, 0.15) is 11.1 Å². The topological polar surface area (TPSA) is 21.3 Å². The summed E-state index contributed by atoms with van der Waals surface area (Å²) in [4.78, 5) is 0. The van der Waals surface area contributed by atoms with Gasteiger partial charge >= 0.3 is 0 Å². The van der Waals surface area contributed by atoms with Gasteiger partial charge in [-0.05, 0) is 61.3 Å². The summed E-state index contributed by atoms with van der Waals surface area (Å²) in [5, 5.41) is 4.21. The second kappa shape index (κ2) is 6.98. The molecule has 20 heavy (non-hydrogen) atoms. The van der Waals surface area contributed by atoms with Gasteiger partial charge in [0, 0.05) is 5.02 Å². The lowest BCUT2D eigenvalue weighted by Gasteiger charge is -2.17. The summed E-state index contributed by atoms with van der Waals surface area (Å²) in [6, 6.07) is 14.0. The van der Waals surface area contributed by atoms with Crippen LogP contribution in [0.3, 0.4) is 0 Å². The van der Waals surface area contributed by atoms with Gasteiger partial charge in [0.15, 0.2) is 0 Å². The highest BCUT2D eigenvalue weighted by atomic mass is 35.5. The lowest BCUT2D eigenvalue weighted by Crippen LogP contribution is -2.21. The highest BCUT2D eigenvalue weighted by Crippen LogP contribution is 2.30. The Morgan fingerprint density at radius 1 is 0.900 bits per heavy atom. The molecule has 2 aromatic rings. The van der Waals surface area contributed by atoms with Gasteiger partial charge in [-0.25, -0.2) is 0 Å². The zero-order valence-electron chi connectivity index (χ0n) is 11.1. The Balaban J connectivity index is 0.00000147. The average Bonchev–Trinajstić information content (AvgIpc) is 2.43. The Morgan fingerprint density at radius 2 is 1.60 bits per heavy atom. The Bertz CT molecular complexity index is 586. The summed E-state index contributed by atoms with van der Waals surface area (Å²) in [6.45, 7) is 1.91. The normalized spacial score (nSPS) is 14.2. The summed E-state index contributed by atoms with van der Waals surface area (Å²) in [5.41, 5.74) is 2.38. The molecule has 0 spiro atoms. The maximum absolute atomic E-state index is 6.09. The molecule has 0 aliphatic carbocycles. The number of benzene rings is 2. The molecule has 0 fully saturated rings. The number of fused-ring (bicyclic) bond motifs is 2. The SMILES string of the molecule is Cl.Clc1ccc2c(c1)CCNCCc1ccccc1O2. The van der Waals surface area contributed by atoms with Gasteiger partial charge in [-0.2, -0.15) is 0 Å². The quantitative estimate of drug-likeness (QED) is 0.786. The Labute approximate surface area is 130 Å². The first-order valence-corrected chi connectivity index (χ1v) is 6.95. The molecule has 1 aliphatic heterocycles. The standard InChI is InChI=1S/C16H16ClNO.ClH/c17-14-5-6-16-13(11-14)8-10-18-9-7-12-3-1-2-4-15(12)19-16;/h1-6,11,18H,7-10H2;1H. The molecule has 0 radical (unpaired) electrons. The second-order valence-corrected chi connectivity index (χ2v) is 5.15. The van der Waals surface area contributed by atoms with Gasteiger partial charge in [0.05, 0.1) is 0 Å². The predicted molar refractivity (Wildman–Crippen MR) is 85.5 cm³/mol. The van der Waals surface area contributed by atoms with Crippen molar-refractivity contribution in [3.05, 3.63) is 58.6 Å². The number of ether oxygens (including phenoxy) is 1. The molecular formula is C16H17Cl2NO. The third-order valence-corrected chi connectivity index (χ3v) is 3.59. The van der Waals surface area contributed by atoms with E-state index in [0.717, 1.165) is 48.0 Å². The molecule has 0 saturated carbocycles. The maximum Gasteiger partial charge on any atom is 0.130 e. The molecule has 0 unspecified atom stereocenters. The Hall–Kier alpha value is -1.22. The fraction of sp³-hybridized carbons (Fsp3) is 0.250. The minimum atomic E-state index is 0. The summed E-state index contributed by atoms with van der Waals surface area (Å²) in [6.07, 6.45) is 1.91. The van der Waals surface area contributed by atoms with Crippen LogP contribution in [-0.2, 0) is 12.8 Å². The van der Waals surface area contributed by atoms with E-state index in [1.807, 2.05) is 30.3 Å². The first-order chi connectivity index (χ1) is 9.33. The number of nitrogens with one attached hydrogen (secondary N) is 1. The fourth-order valence-corrected chi connectivity index (χ4v) is 2.54. The van der Waals surface area contributed by atoms with Gasteiger partial charge in [-0.3, -0.25) is 0 Å². The molecular weight excluding hydrogens is 293 g/mol. The van der Waals surface area contributed by atoms with Crippen molar-refractivity contribution < 1.29 is 4.74 Å². The third kappa shape index (κ3) is 3.45. The molecule has 4 heteroatoms. The van der Waals surface area contributed by atoms with E-state index in [1.54, 1.807) is 0 Å². The zero-order chi connectivity index (χ0) is 13.1.